The van der Waals surface area contributed by atoms with Crippen molar-refractivity contribution in [1.29, 1.82) is 5.26 Å². The van der Waals surface area contributed by atoms with Gasteiger partial charge in [0.15, 0.2) is 0 Å². The van der Waals surface area contributed by atoms with Crippen LogP contribution < -0.4 is 0 Å². The van der Waals surface area contributed by atoms with Crippen molar-refractivity contribution in [2.24, 2.45) is 0 Å². The van der Waals surface area contributed by atoms with Gasteiger partial charge in [0.05, 0.1) is 24.0 Å². The highest BCUT2D eigenvalue weighted by Gasteiger charge is 2.30. The van der Waals surface area contributed by atoms with Crippen molar-refractivity contribution in [3.63, 3.8) is 0 Å². The molecule has 0 bridgehead atoms. The molecular formula is C11H20N2O3S. The number of sulfonamides is 1. The average Bonchev–Trinajstić information content (AvgIpc) is 2.23. The number of nitrogens with zero attached hydrogens (tertiary/aromatic N) is 2. The molecule has 98 valence electrons. The van der Waals surface area contributed by atoms with Crippen LogP contribution in [-0.2, 0) is 14.8 Å². The third-order valence-electron chi connectivity index (χ3n) is 2.72. The zero-order chi connectivity index (χ0) is 12.9. The van der Waals surface area contributed by atoms with E-state index in [1.807, 2.05) is 19.9 Å². The van der Waals surface area contributed by atoms with E-state index in [0.29, 0.717) is 32.4 Å². The molecule has 0 saturated carbocycles. The summed E-state index contributed by atoms with van der Waals surface area (Å²) < 4.78 is 31.1. The lowest BCUT2D eigenvalue weighted by Gasteiger charge is -2.34. The Morgan fingerprint density at radius 3 is 2.41 bits per heavy atom. The van der Waals surface area contributed by atoms with E-state index in [4.69, 9.17) is 10.00 Å². The molecule has 0 aliphatic carbocycles. The van der Waals surface area contributed by atoms with E-state index in [0.717, 1.165) is 0 Å². The molecule has 0 aromatic rings. The predicted octanol–water partition coefficient (Wildman–Crippen LogP) is 1.12. The van der Waals surface area contributed by atoms with E-state index >= 15 is 0 Å². The van der Waals surface area contributed by atoms with Crippen LogP contribution >= 0.6 is 0 Å². The maximum Gasteiger partial charge on any atom is 0.214 e. The van der Waals surface area contributed by atoms with Crippen molar-refractivity contribution >= 4 is 10.0 Å². The Labute approximate surface area is 103 Å². The van der Waals surface area contributed by atoms with Gasteiger partial charge < -0.3 is 4.74 Å². The number of hydrogen-bond acceptors (Lipinski definition) is 4. The third kappa shape index (κ3) is 4.62. The van der Waals surface area contributed by atoms with Crippen LogP contribution in [-0.4, -0.2) is 43.8 Å². The zero-order valence-electron chi connectivity index (χ0n) is 10.4. The van der Waals surface area contributed by atoms with Gasteiger partial charge in [-0.3, -0.25) is 0 Å². The minimum Gasteiger partial charge on any atom is -0.373 e. The van der Waals surface area contributed by atoms with Gasteiger partial charge in [-0.05, 0) is 26.7 Å². The fraction of sp³-hybridized carbons (Fsp3) is 0.909. The molecule has 0 amide bonds. The lowest BCUT2D eigenvalue weighted by Crippen LogP contribution is -2.48. The van der Waals surface area contributed by atoms with Crippen LogP contribution in [0.2, 0.25) is 0 Å². The fourth-order valence-electron chi connectivity index (χ4n) is 1.98. The average molecular weight is 260 g/mol. The molecule has 1 fully saturated rings. The molecule has 1 aliphatic heterocycles. The molecular weight excluding hydrogens is 240 g/mol. The zero-order valence-corrected chi connectivity index (χ0v) is 11.2. The SMILES string of the molecule is CC1CN(S(=O)(=O)CCCCC#N)CC(C)O1. The second-order valence-corrected chi connectivity index (χ2v) is 6.59. The smallest absolute Gasteiger partial charge is 0.214 e. The van der Waals surface area contributed by atoms with Crippen LogP contribution in [0.15, 0.2) is 0 Å². The standard InChI is InChI=1S/C11H20N2O3S/c1-10-8-13(9-11(2)16-10)17(14,15)7-5-3-4-6-12/h10-11H,3-5,7-9H2,1-2H3. The Balaban J connectivity index is 2.49. The topological polar surface area (TPSA) is 70.4 Å². The van der Waals surface area contributed by atoms with Gasteiger partial charge in [-0.2, -0.15) is 9.57 Å². The molecule has 1 saturated heterocycles. The van der Waals surface area contributed by atoms with Gasteiger partial charge in [0.2, 0.25) is 10.0 Å². The number of unbranched alkanes of at least 4 members (excludes halogenated alkanes) is 2. The highest BCUT2D eigenvalue weighted by Crippen LogP contribution is 2.15. The number of nitriles is 1. The van der Waals surface area contributed by atoms with E-state index < -0.39 is 10.0 Å². The second kappa shape index (κ2) is 6.34. The first-order valence-corrected chi connectivity index (χ1v) is 7.57. The molecule has 17 heavy (non-hydrogen) atoms. The monoisotopic (exact) mass is 260 g/mol. The minimum atomic E-state index is -3.19. The lowest BCUT2D eigenvalue weighted by molar-refractivity contribution is -0.0440. The molecule has 0 radical (unpaired) electrons. The number of morpholine rings is 1. The summed E-state index contributed by atoms with van der Waals surface area (Å²) in [6.45, 7) is 4.64. The number of rotatable bonds is 5. The van der Waals surface area contributed by atoms with Crippen LogP contribution in [0.4, 0.5) is 0 Å². The molecule has 0 aromatic carbocycles. The Morgan fingerprint density at radius 2 is 1.88 bits per heavy atom. The Kier molecular flexibility index (Phi) is 5.37. The lowest BCUT2D eigenvalue weighted by atomic mass is 10.3. The van der Waals surface area contributed by atoms with E-state index in [1.165, 1.54) is 4.31 Å². The first kappa shape index (κ1) is 14.4. The normalized spacial score (nSPS) is 26.6. The highest BCUT2D eigenvalue weighted by atomic mass is 32.2. The van der Waals surface area contributed by atoms with Gasteiger partial charge in [-0.1, -0.05) is 0 Å². The van der Waals surface area contributed by atoms with Crippen molar-refractivity contribution in [2.75, 3.05) is 18.8 Å². The van der Waals surface area contributed by atoms with E-state index in [2.05, 4.69) is 0 Å². The van der Waals surface area contributed by atoms with Gasteiger partial charge in [0.25, 0.3) is 0 Å². The maximum atomic E-state index is 12.0. The van der Waals surface area contributed by atoms with Crippen molar-refractivity contribution < 1.29 is 13.2 Å². The van der Waals surface area contributed by atoms with Crippen LogP contribution in [0.3, 0.4) is 0 Å². The van der Waals surface area contributed by atoms with Gasteiger partial charge >= 0.3 is 0 Å². The fourth-order valence-corrected chi connectivity index (χ4v) is 3.68. The van der Waals surface area contributed by atoms with Gasteiger partial charge in [0, 0.05) is 19.5 Å². The summed E-state index contributed by atoms with van der Waals surface area (Å²) in [4.78, 5) is 0. The minimum absolute atomic E-state index is 0.0485. The summed E-state index contributed by atoms with van der Waals surface area (Å²) in [7, 11) is -3.19. The van der Waals surface area contributed by atoms with Crippen molar-refractivity contribution in [1.82, 2.24) is 4.31 Å². The maximum absolute atomic E-state index is 12.0. The first-order valence-electron chi connectivity index (χ1n) is 5.96. The highest BCUT2D eigenvalue weighted by molar-refractivity contribution is 7.89. The summed E-state index contributed by atoms with van der Waals surface area (Å²) in [5.41, 5.74) is 0. The van der Waals surface area contributed by atoms with Crippen molar-refractivity contribution in [3.8, 4) is 6.07 Å². The summed E-state index contributed by atoms with van der Waals surface area (Å²) in [6.07, 6.45) is 1.52. The summed E-state index contributed by atoms with van der Waals surface area (Å²) in [5.74, 6) is 0.133. The van der Waals surface area contributed by atoms with Crippen LogP contribution in [0, 0.1) is 11.3 Å². The predicted molar refractivity (Wildman–Crippen MR) is 64.8 cm³/mol. The Morgan fingerprint density at radius 1 is 1.29 bits per heavy atom. The van der Waals surface area contributed by atoms with Crippen LogP contribution in [0.1, 0.15) is 33.1 Å². The molecule has 5 nitrogen and oxygen atoms in total. The van der Waals surface area contributed by atoms with Crippen LogP contribution in [0.5, 0.6) is 0 Å². The van der Waals surface area contributed by atoms with Gasteiger partial charge in [-0.25, -0.2) is 8.42 Å². The summed E-state index contributed by atoms with van der Waals surface area (Å²) in [5, 5.41) is 8.39. The molecule has 2 unspecified atom stereocenters. The van der Waals surface area contributed by atoms with E-state index in [-0.39, 0.29) is 18.0 Å². The number of ether oxygens (including phenoxy) is 1. The molecule has 0 N–H and O–H groups in total. The molecule has 1 rings (SSSR count). The first-order chi connectivity index (χ1) is 7.95. The van der Waals surface area contributed by atoms with Crippen molar-refractivity contribution in [3.05, 3.63) is 0 Å². The molecule has 1 heterocycles. The van der Waals surface area contributed by atoms with Crippen molar-refractivity contribution in [2.45, 2.75) is 45.3 Å². The molecule has 1 aliphatic rings. The van der Waals surface area contributed by atoms with E-state index in [1.54, 1.807) is 0 Å². The van der Waals surface area contributed by atoms with Gasteiger partial charge in [-0.15, -0.1) is 0 Å². The molecule has 2 atom stereocenters. The van der Waals surface area contributed by atoms with Gasteiger partial charge in [0.1, 0.15) is 0 Å². The summed E-state index contributed by atoms with van der Waals surface area (Å²) >= 11 is 0. The summed E-state index contributed by atoms with van der Waals surface area (Å²) in [6, 6.07) is 2.02. The second-order valence-electron chi connectivity index (χ2n) is 4.51. The third-order valence-corrected chi connectivity index (χ3v) is 4.61. The van der Waals surface area contributed by atoms with Crippen LogP contribution in [0.25, 0.3) is 0 Å². The Bertz CT molecular complexity index is 365. The molecule has 0 aromatic heterocycles. The number of hydrogen-bond donors (Lipinski definition) is 0. The largest absolute Gasteiger partial charge is 0.373 e. The Hall–Kier alpha value is -0.640. The quantitative estimate of drug-likeness (QED) is 0.694. The molecule has 0 spiro atoms. The van der Waals surface area contributed by atoms with E-state index in [9.17, 15) is 8.42 Å². The molecule has 6 heteroatoms.